The molecule has 0 saturated carbocycles. The van der Waals surface area contributed by atoms with E-state index in [1.807, 2.05) is 37.5 Å². The van der Waals surface area contributed by atoms with Crippen molar-refractivity contribution < 1.29 is 4.79 Å². The van der Waals surface area contributed by atoms with Gasteiger partial charge in [-0.1, -0.05) is 17.3 Å². The van der Waals surface area contributed by atoms with Crippen LogP contribution in [0, 0.1) is 5.92 Å². The van der Waals surface area contributed by atoms with Crippen LogP contribution in [0.5, 0.6) is 0 Å². The van der Waals surface area contributed by atoms with Gasteiger partial charge in [-0.3, -0.25) is 9.48 Å². The van der Waals surface area contributed by atoms with E-state index in [9.17, 15) is 4.79 Å². The van der Waals surface area contributed by atoms with E-state index in [1.165, 1.54) is 0 Å². The zero-order chi connectivity index (χ0) is 17.2. The van der Waals surface area contributed by atoms with Crippen molar-refractivity contribution in [2.45, 2.75) is 12.8 Å². The highest BCUT2D eigenvalue weighted by Gasteiger charge is 2.21. The third kappa shape index (κ3) is 3.36. The molecule has 7 heteroatoms. The Labute approximate surface area is 145 Å². The quantitative estimate of drug-likeness (QED) is 0.764. The van der Waals surface area contributed by atoms with Crippen molar-refractivity contribution in [1.29, 1.82) is 0 Å². The van der Waals surface area contributed by atoms with Crippen molar-refractivity contribution in [3.05, 3.63) is 36.7 Å². The maximum Gasteiger partial charge on any atom is 0.229 e. The molecule has 0 bridgehead atoms. The number of hydrogen-bond donors (Lipinski definition) is 2. The minimum absolute atomic E-state index is 0.0113. The molecule has 2 aromatic heterocycles. The van der Waals surface area contributed by atoms with Crippen molar-refractivity contribution >= 4 is 22.5 Å². The minimum atomic E-state index is 0.0113. The lowest BCUT2D eigenvalue weighted by molar-refractivity contribution is -0.120. The third-order valence-corrected chi connectivity index (χ3v) is 4.54. The van der Waals surface area contributed by atoms with Gasteiger partial charge in [-0.25, -0.2) is 4.98 Å². The zero-order valence-electron chi connectivity index (χ0n) is 14.1. The van der Waals surface area contributed by atoms with Gasteiger partial charge in [0, 0.05) is 30.7 Å². The van der Waals surface area contributed by atoms with Crippen molar-refractivity contribution in [2.75, 3.05) is 18.4 Å². The second kappa shape index (κ2) is 6.60. The van der Waals surface area contributed by atoms with Gasteiger partial charge in [0.1, 0.15) is 11.5 Å². The topological polar surface area (TPSA) is 84.7 Å². The predicted molar refractivity (Wildman–Crippen MR) is 96.0 cm³/mol. The van der Waals surface area contributed by atoms with Crippen LogP contribution in [0.2, 0.25) is 0 Å². The van der Waals surface area contributed by atoms with Crippen LogP contribution in [0.1, 0.15) is 12.8 Å². The summed E-state index contributed by atoms with van der Waals surface area (Å²) in [6.07, 6.45) is 5.61. The van der Waals surface area contributed by atoms with Gasteiger partial charge in [0.2, 0.25) is 5.91 Å². The van der Waals surface area contributed by atoms with Crippen molar-refractivity contribution in [2.24, 2.45) is 13.0 Å². The molecule has 3 aromatic rings. The number of amides is 1. The van der Waals surface area contributed by atoms with Gasteiger partial charge in [0.25, 0.3) is 0 Å². The van der Waals surface area contributed by atoms with Crippen LogP contribution < -0.4 is 10.6 Å². The first-order valence-electron chi connectivity index (χ1n) is 8.47. The standard InChI is InChI=1S/C18H20N6O/c1-24-11-16(22-23-24)12-4-5-13-10-20-17(8-15(13)7-12)21-18(25)14-3-2-6-19-9-14/h4-5,7-8,10-11,14,19H,2-3,6,9H2,1H3,(H,20,21,25)/t14-/m1/s1. The fourth-order valence-corrected chi connectivity index (χ4v) is 3.15. The molecule has 128 valence electrons. The maximum absolute atomic E-state index is 12.4. The Morgan fingerprint density at radius 1 is 1.32 bits per heavy atom. The summed E-state index contributed by atoms with van der Waals surface area (Å²) in [4.78, 5) is 16.7. The first kappa shape index (κ1) is 15.7. The number of nitrogens with one attached hydrogen (secondary N) is 2. The molecule has 1 fully saturated rings. The van der Waals surface area contributed by atoms with Crippen molar-refractivity contribution in [1.82, 2.24) is 25.3 Å². The van der Waals surface area contributed by atoms with Crippen LogP contribution in [-0.2, 0) is 11.8 Å². The second-order valence-electron chi connectivity index (χ2n) is 6.44. The fourth-order valence-electron chi connectivity index (χ4n) is 3.15. The summed E-state index contributed by atoms with van der Waals surface area (Å²) in [7, 11) is 1.84. The first-order valence-corrected chi connectivity index (χ1v) is 8.47. The summed E-state index contributed by atoms with van der Waals surface area (Å²) in [6, 6.07) is 7.95. The lowest BCUT2D eigenvalue weighted by atomic mass is 9.99. The molecule has 1 aromatic carbocycles. The molecule has 1 saturated heterocycles. The predicted octanol–water partition coefficient (Wildman–Crippen LogP) is 1.97. The number of anilines is 1. The lowest BCUT2D eigenvalue weighted by Gasteiger charge is -2.21. The van der Waals surface area contributed by atoms with E-state index in [2.05, 4.69) is 25.9 Å². The molecule has 0 aliphatic carbocycles. The summed E-state index contributed by atoms with van der Waals surface area (Å²) in [5.41, 5.74) is 1.81. The number of aryl methyl sites for hydroxylation is 1. The molecule has 3 heterocycles. The highest BCUT2D eigenvalue weighted by molar-refractivity contribution is 5.95. The monoisotopic (exact) mass is 336 g/mol. The Morgan fingerprint density at radius 2 is 2.24 bits per heavy atom. The summed E-state index contributed by atoms with van der Waals surface area (Å²) in [5.74, 6) is 0.626. The third-order valence-electron chi connectivity index (χ3n) is 4.54. The van der Waals surface area contributed by atoms with E-state index in [4.69, 9.17) is 0 Å². The Kier molecular flexibility index (Phi) is 4.15. The van der Waals surface area contributed by atoms with Crippen LogP contribution in [0.15, 0.2) is 36.7 Å². The smallest absolute Gasteiger partial charge is 0.229 e. The summed E-state index contributed by atoms with van der Waals surface area (Å²) in [6.45, 7) is 1.72. The Hall–Kier alpha value is -2.80. The van der Waals surface area contributed by atoms with E-state index < -0.39 is 0 Å². The van der Waals surface area contributed by atoms with Crippen molar-refractivity contribution in [3.63, 3.8) is 0 Å². The largest absolute Gasteiger partial charge is 0.316 e. The Balaban J connectivity index is 1.59. The molecular weight excluding hydrogens is 316 g/mol. The normalized spacial score (nSPS) is 17.6. The van der Waals surface area contributed by atoms with Gasteiger partial charge in [0.05, 0.1) is 12.1 Å². The SMILES string of the molecule is Cn1cc(-c2ccc3cnc(NC(=O)[C@@H]4CCCNC4)cc3c2)nn1. The van der Waals surface area contributed by atoms with Crippen molar-refractivity contribution in [3.8, 4) is 11.3 Å². The number of pyridine rings is 1. The molecule has 0 unspecified atom stereocenters. The molecule has 25 heavy (non-hydrogen) atoms. The Bertz CT molecular complexity index is 913. The van der Waals surface area contributed by atoms with Crippen LogP contribution in [0.4, 0.5) is 5.82 Å². The average Bonchev–Trinajstić information content (AvgIpc) is 3.08. The molecule has 1 atom stereocenters. The maximum atomic E-state index is 12.4. The molecule has 4 rings (SSSR count). The van der Waals surface area contributed by atoms with E-state index >= 15 is 0 Å². The fraction of sp³-hybridized carbons (Fsp3) is 0.333. The molecule has 0 spiro atoms. The summed E-state index contributed by atoms with van der Waals surface area (Å²) in [5, 5.41) is 16.4. The van der Waals surface area contributed by atoms with Crippen LogP contribution >= 0.6 is 0 Å². The van der Waals surface area contributed by atoms with E-state index in [1.54, 1.807) is 10.9 Å². The number of hydrogen-bond acceptors (Lipinski definition) is 5. The number of nitrogens with zero attached hydrogens (tertiary/aromatic N) is 4. The molecular formula is C18H20N6O. The number of carbonyl (C=O) groups excluding carboxylic acids is 1. The number of carbonyl (C=O) groups is 1. The average molecular weight is 336 g/mol. The molecule has 0 radical (unpaired) electrons. The van der Waals surface area contributed by atoms with E-state index in [-0.39, 0.29) is 11.8 Å². The van der Waals surface area contributed by atoms with Gasteiger partial charge >= 0.3 is 0 Å². The first-order chi connectivity index (χ1) is 12.2. The minimum Gasteiger partial charge on any atom is -0.316 e. The zero-order valence-corrected chi connectivity index (χ0v) is 14.1. The van der Waals surface area contributed by atoms with Crippen LogP contribution in [0.3, 0.4) is 0 Å². The number of fused-ring (bicyclic) bond motifs is 1. The highest BCUT2D eigenvalue weighted by atomic mass is 16.2. The van der Waals surface area contributed by atoms with E-state index in [0.29, 0.717) is 5.82 Å². The molecule has 2 N–H and O–H groups in total. The summed E-state index contributed by atoms with van der Waals surface area (Å²) < 4.78 is 1.68. The molecule has 1 aliphatic rings. The Morgan fingerprint density at radius 3 is 3.00 bits per heavy atom. The van der Waals surface area contributed by atoms with Gasteiger partial charge < -0.3 is 10.6 Å². The van der Waals surface area contributed by atoms with Gasteiger partial charge in [-0.05, 0) is 36.9 Å². The van der Waals surface area contributed by atoms with Gasteiger partial charge in [-0.2, -0.15) is 0 Å². The number of aromatic nitrogens is 4. The number of piperidine rings is 1. The van der Waals surface area contributed by atoms with Crippen LogP contribution in [-0.4, -0.2) is 39.0 Å². The summed E-state index contributed by atoms with van der Waals surface area (Å²) >= 11 is 0. The van der Waals surface area contributed by atoms with Crippen LogP contribution in [0.25, 0.3) is 22.0 Å². The molecule has 7 nitrogen and oxygen atoms in total. The van der Waals surface area contributed by atoms with Gasteiger partial charge in [-0.15, -0.1) is 5.10 Å². The lowest BCUT2D eigenvalue weighted by Crippen LogP contribution is -2.37. The second-order valence-corrected chi connectivity index (χ2v) is 6.44. The number of benzene rings is 1. The molecule has 1 aliphatic heterocycles. The van der Waals surface area contributed by atoms with Gasteiger partial charge in [0.15, 0.2) is 0 Å². The molecule has 1 amide bonds. The number of rotatable bonds is 3. The highest BCUT2D eigenvalue weighted by Crippen LogP contribution is 2.24. The van der Waals surface area contributed by atoms with E-state index in [0.717, 1.165) is 48.0 Å².